The lowest BCUT2D eigenvalue weighted by molar-refractivity contribution is 0.163. The van der Waals surface area contributed by atoms with Crippen LogP contribution < -0.4 is 19.9 Å². The van der Waals surface area contributed by atoms with Gasteiger partial charge in [-0.05, 0) is 19.1 Å². The molecule has 2 saturated heterocycles. The van der Waals surface area contributed by atoms with Gasteiger partial charge in [-0.2, -0.15) is 0 Å². The molecular formula is C19H26N6O. The molecule has 2 aliphatic heterocycles. The van der Waals surface area contributed by atoms with Gasteiger partial charge in [-0.15, -0.1) is 0 Å². The average Bonchev–Trinajstić information content (AvgIpc) is 2.70. The van der Waals surface area contributed by atoms with E-state index in [1.54, 1.807) is 12.4 Å². The van der Waals surface area contributed by atoms with Crippen LogP contribution in [-0.2, 0) is 0 Å². The molecule has 4 rings (SSSR count). The molecule has 1 N–H and O–H groups in total. The van der Waals surface area contributed by atoms with E-state index >= 15 is 0 Å². The molecule has 7 heteroatoms. The molecule has 0 bridgehead atoms. The third kappa shape index (κ3) is 3.88. The van der Waals surface area contributed by atoms with Crippen LogP contribution in [0.1, 0.15) is 18.5 Å². The van der Waals surface area contributed by atoms with Crippen molar-refractivity contribution in [2.75, 3.05) is 49.1 Å². The second kappa shape index (κ2) is 7.86. The van der Waals surface area contributed by atoms with E-state index in [0.717, 1.165) is 69.4 Å². The molecule has 0 saturated carbocycles. The summed E-state index contributed by atoms with van der Waals surface area (Å²) in [5.41, 5.74) is 1.06. The Labute approximate surface area is 154 Å². The van der Waals surface area contributed by atoms with Crippen LogP contribution in [0.2, 0.25) is 0 Å². The lowest BCUT2D eigenvalue weighted by Gasteiger charge is -2.34. The van der Waals surface area contributed by atoms with E-state index in [9.17, 15) is 0 Å². The van der Waals surface area contributed by atoms with Crippen molar-refractivity contribution < 1.29 is 4.74 Å². The summed E-state index contributed by atoms with van der Waals surface area (Å²) < 4.78 is 6.26. The summed E-state index contributed by atoms with van der Waals surface area (Å²) in [7, 11) is 0. The van der Waals surface area contributed by atoms with E-state index in [0.29, 0.717) is 5.88 Å². The van der Waals surface area contributed by atoms with E-state index < -0.39 is 0 Å². The molecule has 2 aliphatic rings. The Morgan fingerprint density at radius 2 is 1.77 bits per heavy atom. The van der Waals surface area contributed by atoms with Gasteiger partial charge in [-0.3, -0.25) is 0 Å². The number of hydrogen-bond donors (Lipinski definition) is 1. The van der Waals surface area contributed by atoms with Crippen molar-refractivity contribution in [2.45, 2.75) is 25.9 Å². The van der Waals surface area contributed by atoms with Crippen LogP contribution in [0.25, 0.3) is 0 Å². The highest BCUT2D eigenvalue weighted by Crippen LogP contribution is 2.27. The second-order valence-electron chi connectivity index (χ2n) is 6.86. The third-order valence-corrected chi connectivity index (χ3v) is 4.98. The topological polar surface area (TPSA) is 66.4 Å². The zero-order valence-electron chi connectivity index (χ0n) is 15.3. The molecule has 0 atom stereocenters. The maximum absolute atomic E-state index is 6.26. The van der Waals surface area contributed by atoms with Gasteiger partial charge in [0.15, 0.2) is 5.82 Å². The van der Waals surface area contributed by atoms with E-state index in [2.05, 4.69) is 42.2 Å². The van der Waals surface area contributed by atoms with E-state index in [-0.39, 0.29) is 6.10 Å². The van der Waals surface area contributed by atoms with E-state index in [1.165, 1.54) is 0 Å². The van der Waals surface area contributed by atoms with Gasteiger partial charge >= 0.3 is 0 Å². The zero-order valence-corrected chi connectivity index (χ0v) is 15.3. The Balaban J connectivity index is 1.39. The van der Waals surface area contributed by atoms with Gasteiger partial charge in [-0.1, -0.05) is 6.07 Å². The van der Waals surface area contributed by atoms with E-state index in [1.807, 2.05) is 13.0 Å². The fourth-order valence-corrected chi connectivity index (χ4v) is 3.56. The normalized spacial score (nSPS) is 18.8. The Kier molecular flexibility index (Phi) is 5.15. The molecule has 0 spiro atoms. The van der Waals surface area contributed by atoms with Crippen molar-refractivity contribution in [1.29, 1.82) is 0 Å². The van der Waals surface area contributed by atoms with Crippen LogP contribution in [-0.4, -0.2) is 60.3 Å². The molecule has 2 aromatic heterocycles. The summed E-state index contributed by atoms with van der Waals surface area (Å²) >= 11 is 0. The number of nitrogens with zero attached hydrogens (tertiary/aromatic N) is 5. The molecule has 0 unspecified atom stereocenters. The van der Waals surface area contributed by atoms with Gasteiger partial charge in [0.25, 0.3) is 5.88 Å². The van der Waals surface area contributed by atoms with Gasteiger partial charge < -0.3 is 19.9 Å². The highest BCUT2D eigenvalue weighted by Gasteiger charge is 2.24. The number of nitrogens with one attached hydrogen (secondary N) is 1. The monoisotopic (exact) mass is 354 g/mol. The fourth-order valence-electron chi connectivity index (χ4n) is 3.56. The Morgan fingerprint density at radius 3 is 2.54 bits per heavy atom. The molecule has 2 fully saturated rings. The first-order chi connectivity index (χ1) is 12.8. The van der Waals surface area contributed by atoms with Crippen LogP contribution >= 0.6 is 0 Å². The predicted octanol–water partition coefficient (Wildman–Crippen LogP) is 1.64. The highest BCUT2D eigenvalue weighted by molar-refractivity contribution is 5.48. The minimum Gasteiger partial charge on any atom is -0.472 e. The van der Waals surface area contributed by atoms with Crippen molar-refractivity contribution in [2.24, 2.45) is 0 Å². The molecule has 138 valence electrons. The highest BCUT2D eigenvalue weighted by atomic mass is 16.5. The van der Waals surface area contributed by atoms with E-state index in [4.69, 9.17) is 4.74 Å². The lowest BCUT2D eigenvalue weighted by atomic mass is 10.1. The van der Waals surface area contributed by atoms with Gasteiger partial charge in [-0.25, -0.2) is 15.0 Å². The van der Waals surface area contributed by atoms with Crippen molar-refractivity contribution in [3.8, 4) is 5.88 Å². The Hall–Kier alpha value is -2.41. The second-order valence-corrected chi connectivity index (χ2v) is 6.86. The number of aryl methyl sites for hydroxylation is 1. The molecule has 4 heterocycles. The summed E-state index contributed by atoms with van der Waals surface area (Å²) in [6.45, 7) is 7.74. The largest absolute Gasteiger partial charge is 0.472 e. The first kappa shape index (κ1) is 17.0. The van der Waals surface area contributed by atoms with Crippen LogP contribution in [0.4, 0.5) is 11.6 Å². The SMILES string of the molecule is Cc1cccc(N2CCC(Oc3nccnc3N3CCNCC3)CC2)n1. The van der Waals surface area contributed by atoms with Crippen molar-refractivity contribution in [3.63, 3.8) is 0 Å². The standard InChI is InChI=1S/C19H26N6O/c1-15-3-2-4-17(23-15)24-11-5-16(6-12-24)26-19-18(21-7-8-22-19)25-13-9-20-10-14-25/h2-4,7-8,16,20H,5-6,9-14H2,1H3. The number of ether oxygens (including phenoxy) is 1. The van der Waals surface area contributed by atoms with Crippen molar-refractivity contribution in [3.05, 3.63) is 36.3 Å². The van der Waals surface area contributed by atoms with Crippen LogP contribution in [0.3, 0.4) is 0 Å². The van der Waals surface area contributed by atoms with Gasteiger partial charge in [0.1, 0.15) is 11.9 Å². The molecule has 0 aromatic carbocycles. The van der Waals surface area contributed by atoms with Crippen molar-refractivity contribution in [1.82, 2.24) is 20.3 Å². The average molecular weight is 354 g/mol. The molecule has 26 heavy (non-hydrogen) atoms. The van der Waals surface area contributed by atoms with Crippen LogP contribution in [0.15, 0.2) is 30.6 Å². The zero-order chi connectivity index (χ0) is 17.8. The summed E-state index contributed by atoms with van der Waals surface area (Å²) in [6, 6.07) is 6.18. The van der Waals surface area contributed by atoms with Gasteiger partial charge in [0.05, 0.1) is 0 Å². The number of rotatable bonds is 4. The van der Waals surface area contributed by atoms with Gasteiger partial charge in [0.2, 0.25) is 0 Å². The minimum atomic E-state index is 0.175. The summed E-state index contributed by atoms with van der Waals surface area (Å²) in [4.78, 5) is 18.2. The molecule has 0 radical (unpaired) electrons. The molecule has 7 nitrogen and oxygen atoms in total. The maximum atomic E-state index is 6.26. The fraction of sp³-hybridized carbons (Fsp3) is 0.526. The summed E-state index contributed by atoms with van der Waals surface area (Å²) in [5.74, 6) is 2.60. The smallest absolute Gasteiger partial charge is 0.257 e. The summed E-state index contributed by atoms with van der Waals surface area (Å²) in [5, 5.41) is 3.37. The predicted molar refractivity (Wildman–Crippen MR) is 102 cm³/mol. The van der Waals surface area contributed by atoms with Crippen molar-refractivity contribution >= 4 is 11.6 Å². The maximum Gasteiger partial charge on any atom is 0.257 e. The number of hydrogen-bond acceptors (Lipinski definition) is 7. The van der Waals surface area contributed by atoms with Crippen LogP contribution in [0.5, 0.6) is 5.88 Å². The number of piperazine rings is 1. The number of anilines is 2. The Bertz CT molecular complexity index is 725. The third-order valence-electron chi connectivity index (χ3n) is 4.98. The minimum absolute atomic E-state index is 0.175. The number of pyridine rings is 1. The Morgan fingerprint density at radius 1 is 1.00 bits per heavy atom. The van der Waals surface area contributed by atoms with Crippen LogP contribution in [0, 0.1) is 6.92 Å². The number of aromatic nitrogens is 3. The van der Waals surface area contributed by atoms with Gasteiger partial charge in [0, 0.05) is 70.2 Å². The number of piperidine rings is 1. The molecule has 2 aromatic rings. The molecule has 0 amide bonds. The quantitative estimate of drug-likeness (QED) is 0.895. The first-order valence-electron chi connectivity index (χ1n) is 9.41. The molecular weight excluding hydrogens is 328 g/mol. The lowest BCUT2D eigenvalue weighted by Crippen LogP contribution is -2.44. The summed E-state index contributed by atoms with van der Waals surface area (Å²) in [6.07, 6.45) is 5.57. The molecule has 0 aliphatic carbocycles. The first-order valence-corrected chi connectivity index (χ1v) is 9.41.